The Kier molecular flexibility index (Phi) is 8.09. The molecule has 8 heavy (non-hydrogen) atoms. The lowest BCUT2D eigenvalue weighted by atomic mass is 15.8. The molecule has 0 unspecified atom stereocenters. The zero-order valence-electron chi connectivity index (χ0n) is 3.80. The van der Waals surface area contributed by atoms with Gasteiger partial charge in [-0.05, 0) is 0 Å². The molecule has 0 aromatic carbocycles. The van der Waals surface area contributed by atoms with Crippen LogP contribution >= 0.6 is 7.82 Å². The molecule has 0 atom stereocenters. The predicted octanol–water partition coefficient (Wildman–Crippen LogP) is -2.69. The summed E-state index contributed by atoms with van der Waals surface area (Å²) in [5.74, 6) is 0. The van der Waals surface area contributed by atoms with Gasteiger partial charge in [0.15, 0.2) is 0 Å². The molecule has 5 N–H and O–H groups in total. The highest BCUT2D eigenvalue weighted by molar-refractivity contribution is 7.45. The van der Waals surface area contributed by atoms with E-state index in [2.05, 4.69) is 0 Å². The number of hydrogen-bond donors (Lipinski definition) is 5. The second-order valence-corrected chi connectivity index (χ2v) is 1.96. The van der Waals surface area contributed by atoms with Crippen molar-refractivity contribution < 1.29 is 27.6 Å². The lowest BCUT2D eigenvalue weighted by Crippen LogP contribution is -1.75. The zero-order valence-corrected chi connectivity index (χ0v) is 6.11. The van der Waals surface area contributed by atoms with Gasteiger partial charge in [0.2, 0.25) is 0 Å². The van der Waals surface area contributed by atoms with Crippen LogP contribution in [0.3, 0.4) is 0 Å². The molecule has 50 valence electrons. The molecule has 0 bridgehead atoms. The normalized spacial score (nSPS) is 9.12. The van der Waals surface area contributed by atoms with E-state index in [-0.39, 0.29) is 0 Å². The standard InChI is InChI=1S/Al.H3O4P.2H2O.H/c;1-5(2,3)4;;;/h;(H3,1,2,3,4);2*1H2;/q+2;;;;/p-2. The first-order valence-corrected chi connectivity index (χ1v) is 4.25. The van der Waals surface area contributed by atoms with Gasteiger partial charge in [-0.25, -0.2) is 4.57 Å². The second-order valence-electron chi connectivity index (χ2n) is 0.655. The third-order valence-corrected chi connectivity index (χ3v) is 0. The maximum atomic E-state index is 8.88. The summed E-state index contributed by atoms with van der Waals surface area (Å²) in [6.07, 6.45) is 0. The summed E-state index contributed by atoms with van der Waals surface area (Å²) in [4.78, 5) is 21.6. The van der Waals surface area contributed by atoms with Gasteiger partial charge in [0.25, 0.3) is 0 Å². The van der Waals surface area contributed by atoms with Crippen molar-refractivity contribution in [3.05, 3.63) is 0 Å². The van der Waals surface area contributed by atoms with Crippen LogP contribution < -0.4 is 0 Å². The number of hydrogen-bond acceptors (Lipinski definition) is 3. The molecule has 0 fully saturated rings. The van der Waals surface area contributed by atoms with Gasteiger partial charge < -0.3 is 23.0 Å². The molecule has 0 aliphatic heterocycles. The first-order chi connectivity index (χ1) is 3.41. The van der Waals surface area contributed by atoms with Gasteiger partial charge in [-0.2, -0.15) is 0 Å². The molecule has 0 amide bonds. The van der Waals surface area contributed by atoms with E-state index < -0.39 is 23.7 Å². The lowest BCUT2D eigenvalue weighted by molar-refractivity contribution is 0.275. The van der Waals surface area contributed by atoms with Crippen LogP contribution in [-0.4, -0.2) is 38.9 Å². The molecule has 0 heterocycles. The number of phosphoric acid groups is 1. The zero-order chi connectivity index (χ0) is 7.21. The minimum absolute atomic E-state index is 1.58. The quantitative estimate of drug-likeness (QED) is 0.194. The van der Waals surface area contributed by atoms with Crippen LogP contribution in [0.5, 0.6) is 0 Å². The summed E-state index contributed by atoms with van der Waals surface area (Å²) in [6.45, 7) is 0. The number of rotatable bonds is 0. The summed E-state index contributed by atoms with van der Waals surface area (Å²) < 4.78 is 23.4. The summed E-state index contributed by atoms with van der Waals surface area (Å²) in [7, 11) is -4.64. The molecule has 0 spiro atoms. The third kappa shape index (κ3) is 642. The fraction of sp³-hybridized carbons (Fsp3) is 0. The van der Waals surface area contributed by atoms with Crippen LogP contribution in [0.1, 0.15) is 0 Å². The van der Waals surface area contributed by atoms with E-state index in [0.29, 0.717) is 0 Å². The van der Waals surface area contributed by atoms with Gasteiger partial charge in [-0.1, -0.05) is 0 Å². The van der Waals surface area contributed by atoms with Gasteiger partial charge >= 0.3 is 23.7 Å². The Hall–Kier alpha value is 0.562. The van der Waals surface area contributed by atoms with Crippen molar-refractivity contribution >= 4 is 23.7 Å². The molecule has 0 aliphatic carbocycles. The molecule has 6 nitrogen and oxygen atoms in total. The maximum Gasteiger partial charge on any atom is 0.644 e. The monoisotopic (exact) mass is 160 g/mol. The van der Waals surface area contributed by atoms with Crippen LogP contribution in [0.2, 0.25) is 0 Å². The second kappa shape index (κ2) is 5.69. The Balaban J connectivity index is 0. The van der Waals surface area contributed by atoms with E-state index in [1.807, 2.05) is 0 Å². The van der Waals surface area contributed by atoms with Crippen molar-refractivity contribution in [1.29, 1.82) is 0 Å². The molecule has 8 heteroatoms. The minimum Gasteiger partial charge on any atom is -0.496 e. The smallest absolute Gasteiger partial charge is 0.496 e. The van der Waals surface area contributed by atoms with Crippen molar-refractivity contribution in [2.45, 2.75) is 0 Å². The molecule has 0 aromatic heterocycles. The minimum atomic E-state index is -4.64. The Morgan fingerprint density at radius 1 is 1.12 bits per heavy atom. The van der Waals surface area contributed by atoms with Crippen LogP contribution in [0.15, 0.2) is 0 Å². The molecular weight excluding hydrogens is 154 g/mol. The van der Waals surface area contributed by atoms with Crippen LogP contribution in [0.25, 0.3) is 0 Å². The molecule has 0 radical (unpaired) electrons. The van der Waals surface area contributed by atoms with Crippen LogP contribution in [0.4, 0.5) is 0 Å². The predicted molar refractivity (Wildman–Crippen MR) is 25.8 cm³/mol. The average Bonchev–Trinajstić information content (AvgIpc) is 1.27. The first kappa shape index (κ1) is 11.4. The Morgan fingerprint density at radius 2 is 1.12 bits per heavy atom. The van der Waals surface area contributed by atoms with E-state index in [4.69, 9.17) is 27.6 Å². The fourth-order valence-electron chi connectivity index (χ4n) is 0. The molecule has 0 aromatic rings. The first-order valence-electron chi connectivity index (χ1n) is 1.42. The van der Waals surface area contributed by atoms with Gasteiger partial charge in [0, 0.05) is 0 Å². The van der Waals surface area contributed by atoms with Gasteiger partial charge in [0.1, 0.15) is 0 Å². The highest BCUT2D eigenvalue weighted by Crippen LogP contribution is 2.25. The van der Waals surface area contributed by atoms with Gasteiger partial charge in [0.05, 0.1) is 0 Å². The average molecular weight is 160 g/mol. The highest BCUT2D eigenvalue weighted by atomic mass is 31.2. The van der Waals surface area contributed by atoms with E-state index in [1.165, 1.54) is 0 Å². The summed E-state index contributed by atoms with van der Waals surface area (Å²) in [5, 5.41) is 0. The largest absolute Gasteiger partial charge is 0.644 e. The SMILES string of the molecule is O=P(O)(O)O.[OH][AlH][OH]. The maximum absolute atomic E-state index is 8.88. The molecule has 0 saturated carbocycles. The lowest BCUT2D eigenvalue weighted by Gasteiger charge is -1.82. The summed E-state index contributed by atoms with van der Waals surface area (Å²) in [6, 6.07) is 0. The summed E-state index contributed by atoms with van der Waals surface area (Å²) >= 11 is -1.58. The molecular formula is H6AlO6P. The van der Waals surface area contributed by atoms with Crippen LogP contribution in [0, 0.1) is 0 Å². The van der Waals surface area contributed by atoms with Crippen molar-refractivity contribution in [2.75, 3.05) is 0 Å². The van der Waals surface area contributed by atoms with E-state index in [9.17, 15) is 0 Å². The molecule has 0 rings (SSSR count). The Bertz CT molecular complexity index is 64.3. The molecule has 0 saturated heterocycles. The van der Waals surface area contributed by atoms with E-state index in [1.54, 1.807) is 0 Å². The van der Waals surface area contributed by atoms with Crippen molar-refractivity contribution in [1.82, 2.24) is 0 Å². The van der Waals surface area contributed by atoms with Crippen molar-refractivity contribution in [3.63, 3.8) is 0 Å². The Labute approximate surface area is 52.0 Å². The van der Waals surface area contributed by atoms with Crippen molar-refractivity contribution in [3.8, 4) is 0 Å². The van der Waals surface area contributed by atoms with E-state index >= 15 is 0 Å². The van der Waals surface area contributed by atoms with Crippen molar-refractivity contribution in [2.24, 2.45) is 0 Å². The molecule has 0 aliphatic rings. The summed E-state index contributed by atoms with van der Waals surface area (Å²) in [5.41, 5.74) is 0. The van der Waals surface area contributed by atoms with Crippen LogP contribution in [-0.2, 0) is 4.57 Å². The Morgan fingerprint density at radius 3 is 1.12 bits per heavy atom. The van der Waals surface area contributed by atoms with Gasteiger partial charge in [-0.3, -0.25) is 0 Å². The highest BCUT2D eigenvalue weighted by Gasteiger charge is 2.00. The van der Waals surface area contributed by atoms with Gasteiger partial charge in [-0.15, -0.1) is 0 Å². The topological polar surface area (TPSA) is 118 Å². The third-order valence-electron chi connectivity index (χ3n) is 0. The fourth-order valence-corrected chi connectivity index (χ4v) is 0. The van der Waals surface area contributed by atoms with E-state index in [0.717, 1.165) is 0 Å².